The summed E-state index contributed by atoms with van der Waals surface area (Å²) in [6.45, 7) is 2.15. The van der Waals surface area contributed by atoms with E-state index in [1.165, 1.54) is 0 Å². The number of carbonyl (C=O) groups excluding carboxylic acids is 1. The molecule has 0 bridgehead atoms. The molecule has 0 aliphatic carbocycles. The number of hydrogen-bond donors (Lipinski definition) is 1. The molecule has 3 atom stereocenters. The molecule has 1 aliphatic heterocycles. The summed E-state index contributed by atoms with van der Waals surface area (Å²) >= 11 is 1.57. The van der Waals surface area contributed by atoms with Crippen molar-refractivity contribution in [2.24, 2.45) is 0 Å². The van der Waals surface area contributed by atoms with E-state index < -0.39 is 6.10 Å². The van der Waals surface area contributed by atoms with E-state index in [0.717, 1.165) is 11.1 Å². The summed E-state index contributed by atoms with van der Waals surface area (Å²) in [6.07, 6.45) is -0.728. The Morgan fingerprint density at radius 3 is 2.46 bits per heavy atom. The number of β-amino-alcohol motifs (C(OH)–C–C–N with tert-alkyl or cyclic N) is 1. The Morgan fingerprint density at radius 2 is 1.81 bits per heavy atom. The molecule has 0 spiro atoms. The van der Waals surface area contributed by atoms with Gasteiger partial charge in [-0.1, -0.05) is 36.4 Å². The molecule has 1 amide bonds. The molecule has 6 heteroatoms. The Labute approximate surface area is 157 Å². The molecule has 1 N–H and O–H groups in total. The maximum atomic E-state index is 12.7. The molecule has 0 aromatic heterocycles. The fourth-order valence-corrected chi connectivity index (χ4v) is 4.37. The van der Waals surface area contributed by atoms with Crippen LogP contribution in [0.1, 0.15) is 29.5 Å². The highest BCUT2D eigenvalue weighted by molar-refractivity contribution is 8.01. The summed E-state index contributed by atoms with van der Waals surface area (Å²) in [5.41, 5.74) is 1.75. The van der Waals surface area contributed by atoms with Crippen LogP contribution >= 0.6 is 11.8 Å². The highest BCUT2D eigenvalue weighted by Gasteiger charge is 2.39. The second kappa shape index (κ2) is 8.01. The number of aliphatic hydroxyl groups excluding tert-OH is 1. The number of ether oxygens (including phenoxy) is 2. The van der Waals surface area contributed by atoms with Crippen LogP contribution in [0.25, 0.3) is 0 Å². The Hall–Kier alpha value is -2.18. The van der Waals surface area contributed by atoms with E-state index in [9.17, 15) is 9.90 Å². The Morgan fingerprint density at radius 1 is 1.12 bits per heavy atom. The van der Waals surface area contributed by atoms with E-state index in [1.807, 2.05) is 55.5 Å². The quantitative estimate of drug-likeness (QED) is 0.841. The van der Waals surface area contributed by atoms with Crippen LogP contribution in [-0.4, -0.2) is 41.9 Å². The zero-order valence-corrected chi connectivity index (χ0v) is 15.9. The molecule has 2 aromatic rings. The zero-order chi connectivity index (χ0) is 18.7. The summed E-state index contributed by atoms with van der Waals surface area (Å²) in [5.74, 6) is 1.31. The van der Waals surface area contributed by atoms with Gasteiger partial charge in [0.05, 0.1) is 32.1 Å². The number of methoxy groups -OCH3 is 2. The van der Waals surface area contributed by atoms with Crippen LogP contribution in [0.3, 0.4) is 0 Å². The van der Waals surface area contributed by atoms with Gasteiger partial charge in [0.25, 0.3) is 0 Å². The maximum absolute atomic E-state index is 12.7. The minimum absolute atomic E-state index is 0.0322. The SMILES string of the molecule is COc1ccc([C@H]2S[C@@H](C)C(=O)N2C[C@H](O)c2ccccc2)cc1OC. The molecule has 1 fully saturated rings. The Kier molecular flexibility index (Phi) is 5.74. The van der Waals surface area contributed by atoms with Crippen molar-refractivity contribution in [3.05, 3.63) is 59.7 Å². The molecule has 0 radical (unpaired) electrons. The molecule has 1 aliphatic rings. The average Bonchev–Trinajstić information content (AvgIpc) is 2.96. The fraction of sp³-hybridized carbons (Fsp3) is 0.350. The molecular weight excluding hydrogens is 350 g/mol. The van der Waals surface area contributed by atoms with Gasteiger partial charge in [-0.05, 0) is 30.2 Å². The second-order valence-corrected chi connectivity index (χ2v) is 7.59. The van der Waals surface area contributed by atoms with E-state index in [2.05, 4.69) is 0 Å². The van der Waals surface area contributed by atoms with Gasteiger partial charge in [0.15, 0.2) is 11.5 Å². The van der Waals surface area contributed by atoms with E-state index in [-0.39, 0.29) is 23.1 Å². The van der Waals surface area contributed by atoms with Crippen molar-refractivity contribution < 1.29 is 19.4 Å². The minimum Gasteiger partial charge on any atom is -0.493 e. The smallest absolute Gasteiger partial charge is 0.236 e. The van der Waals surface area contributed by atoms with E-state index in [1.54, 1.807) is 30.9 Å². The summed E-state index contributed by atoms with van der Waals surface area (Å²) in [4.78, 5) is 14.4. The monoisotopic (exact) mass is 373 g/mol. The molecule has 0 unspecified atom stereocenters. The van der Waals surface area contributed by atoms with Gasteiger partial charge in [-0.15, -0.1) is 11.8 Å². The van der Waals surface area contributed by atoms with Crippen LogP contribution < -0.4 is 9.47 Å². The third-order valence-corrected chi connectivity index (χ3v) is 5.89. The highest BCUT2D eigenvalue weighted by Crippen LogP contribution is 2.45. The van der Waals surface area contributed by atoms with Gasteiger partial charge in [0.1, 0.15) is 5.37 Å². The molecule has 1 saturated heterocycles. The molecule has 5 nitrogen and oxygen atoms in total. The lowest BCUT2D eigenvalue weighted by molar-refractivity contribution is -0.131. The molecule has 3 rings (SSSR count). The number of hydrogen-bond acceptors (Lipinski definition) is 5. The maximum Gasteiger partial charge on any atom is 0.236 e. The third kappa shape index (κ3) is 3.66. The van der Waals surface area contributed by atoms with Crippen LogP contribution in [0, 0.1) is 0 Å². The molecule has 2 aromatic carbocycles. The van der Waals surface area contributed by atoms with Crippen molar-refractivity contribution in [3.8, 4) is 11.5 Å². The molecule has 26 heavy (non-hydrogen) atoms. The van der Waals surface area contributed by atoms with Gasteiger partial charge in [0, 0.05) is 0 Å². The molecule has 1 heterocycles. The van der Waals surface area contributed by atoms with E-state index in [4.69, 9.17) is 9.47 Å². The van der Waals surface area contributed by atoms with Crippen LogP contribution in [0.2, 0.25) is 0 Å². The average molecular weight is 373 g/mol. The van der Waals surface area contributed by atoms with Gasteiger partial charge >= 0.3 is 0 Å². The zero-order valence-electron chi connectivity index (χ0n) is 15.1. The summed E-state index contributed by atoms with van der Waals surface area (Å²) < 4.78 is 10.7. The van der Waals surface area contributed by atoms with E-state index >= 15 is 0 Å². The van der Waals surface area contributed by atoms with Gasteiger partial charge in [-0.25, -0.2) is 0 Å². The van der Waals surface area contributed by atoms with Gasteiger partial charge in [-0.3, -0.25) is 4.79 Å². The third-order valence-electron chi connectivity index (χ3n) is 4.49. The first-order chi connectivity index (χ1) is 12.5. The first-order valence-corrected chi connectivity index (χ1v) is 9.40. The highest BCUT2D eigenvalue weighted by atomic mass is 32.2. The Balaban J connectivity index is 1.87. The predicted octanol–water partition coefficient (Wildman–Crippen LogP) is 3.40. The van der Waals surface area contributed by atoms with Gasteiger partial charge in [-0.2, -0.15) is 0 Å². The molecule has 138 valence electrons. The first-order valence-electron chi connectivity index (χ1n) is 8.46. The lowest BCUT2D eigenvalue weighted by Gasteiger charge is -2.27. The van der Waals surface area contributed by atoms with E-state index in [0.29, 0.717) is 11.5 Å². The van der Waals surface area contributed by atoms with Gasteiger partial charge < -0.3 is 19.5 Å². The normalized spacial score (nSPS) is 20.9. The summed E-state index contributed by atoms with van der Waals surface area (Å²) in [5, 5.41) is 10.3. The van der Waals surface area contributed by atoms with Crippen molar-refractivity contribution in [1.29, 1.82) is 0 Å². The standard InChI is InChI=1S/C20H23NO4S/c1-13-19(23)21(12-16(22)14-7-5-4-6-8-14)20(26-13)15-9-10-17(24-2)18(11-15)25-3/h4-11,13,16,20,22H,12H2,1-3H3/t13-,16-,20+/m0/s1. The summed E-state index contributed by atoms with van der Waals surface area (Å²) in [7, 11) is 3.18. The van der Waals surface area contributed by atoms with Crippen LogP contribution in [0.15, 0.2) is 48.5 Å². The van der Waals surface area contributed by atoms with Crippen LogP contribution in [0.4, 0.5) is 0 Å². The molecule has 0 saturated carbocycles. The minimum atomic E-state index is -0.728. The van der Waals surface area contributed by atoms with Crippen molar-refractivity contribution in [1.82, 2.24) is 4.90 Å². The predicted molar refractivity (Wildman–Crippen MR) is 102 cm³/mol. The summed E-state index contributed by atoms with van der Waals surface area (Å²) in [6, 6.07) is 15.1. The lowest BCUT2D eigenvalue weighted by Crippen LogP contribution is -2.34. The largest absolute Gasteiger partial charge is 0.493 e. The number of nitrogens with zero attached hydrogens (tertiary/aromatic N) is 1. The first kappa shape index (κ1) is 18.6. The Bertz CT molecular complexity index is 768. The van der Waals surface area contributed by atoms with Crippen molar-refractivity contribution in [2.45, 2.75) is 23.7 Å². The molecular formula is C20H23NO4S. The number of thioether (sulfide) groups is 1. The number of carbonyl (C=O) groups is 1. The lowest BCUT2D eigenvalue weighted by atomic mass is 10.1. The van der Waals surface area contributed by atoms with Crippen LogP contribution in [-0.2, 0) is 4.79 Å². The second-order valence-electron chi connectivity index (χ2n) is 6.16. The van der Waals surface area contributed by atoms with Crippen molar-refractivity contribution in [3.63, 3.8) is 0 Å². The number of aliphatic hydroxyl groups is 1. The van der Waals surface area contributed by atoms with Crippen molar-refractivity contribution >= 4 is 17.7 Å². The fourth-order valence-electron chi connectivity index (χ4n) is 3.09. The number of benzene rings is 2. The number of rotatable bonds is 6. The van der Waals surface area contributed by atoms with Crippen LogP contribution in [0.5, 0.6) is 11.5 Å². The topological polar surface area (TPSA) is 59.0 Å². The van der Waals surface area contributed by atoms with Gasteiger partial charge in [0.2, 0.25) is 5.91 Å². The number of amides is 1. The van der Waals surface area contributed by atoms with Crippen molar-refractivity contribution in [2.75, 3.05) is 20.8 Å².